The molecule has 1 rings (SSSR count). The van der Waals surface area contributed by atoms with E-state index in [2.05, 4.69) is 29.5 Å². The fourth-order valence-corrected chi connectivity index (χ4v) is 1.18. The molecule has 0 atom stereocenters. The molecule has 0 saturated carbocycles. The number of pyridine rings is 1. The average Bonchev–Trinajstić information content (AvgIpc) is 2.18. The first-order valence-electron chi connectivity index (χ1n) is 5.16. The third kappa shape index (κ3) is 4.82. The molecule has 14 heavy (non-hydrogen) atoms. The lowest BCUT2D eigenvalue weighted by Crippen LogP contribution is -2.25. The standard InChI is InChI=1S/C11H19N3/c1-10(2)13-6-3-7-14-11-4-8-12-9-5-11/h4-5,8-10,13H,3,6-7H2,1-2H3,(H,12,14). The Labute approximate surface area is 85.9 Å². The molecule has 78 valence electrons. The molecule has 0 bridgehead atoms. The van der Waals surface area contributed by atoms with E-state index in [0.717, 1.165) is 25.2 Å². The Morgan fingerprint density at radius 2 is 1.93 bits per heavy atom. The van der Waals surface area contributed by atoms with Crippen LogP contribution in [0.4, 0.5) is 5.69 Å². The second-order valence-corrected chi connectivity index (χ2v) is 3.63. The molecule has 0 amide bonds. The Morgan fingerprint density at radius 3 is 2.57 bits per heavy atom. The van der Waals surface area contributed by atoms with Gasteiger partial charge in [0.1, 0.15) is 0 Å². The monoisotopic (exact) mass is 193 g/mol. The maximum absolute atomic E-state index is 3.96. The van der Waals surface area contributed by atoms with Gasteiger partial charge in [0.05, 0.1) is 0 Å². The van der Waals surface area contributed by atoms with Gasteiger partial charge in [-0.25, -0.2) is 0 Å². The van der Waals surface area contributed by atoms with Gasteiger partial charge < -0.3 is 10.6 Å². The molecule has 1 heterocycles. The number of aromatic nitrogens is 1. The Kier molecular flexibility index (Phi) is 5.00. The fourth-order valence-electron chi connectivity index (χ4n) is 1.18. The van der Waals surface area contributed by atoms with Crippen molar-refractivity contribution in [2.75, 3.05) is 18.4 Å². The first-order chi connectivity index (χ1) is 6.79. The lowest BCUT2D eigenvalue weighted by atomic mass is 10.3. The van der Waals surface area contributed by atoms with E-state index in [1.807, 2.05) is 12.1 Å². The molecule has 0 fully saturated rings. The Morgan fingerprint density at radius 1 is 1.21 bits per heavy atom. The van der Waals surface area contributed by atoms with E-state index in [1.165, 1.54) is 0 Å². The number of nitrogens with zero attached hydrogens (tertiary/aromatic N) is 1. The maximum atomic E-state index is 3.96. The van der Waals surface area contributed by atoms with E-state index in [9.17, 15) is 0 Å². The minimum Gasteiger partial charge on any atom is -0.385 e. The van der Waals surface area contributed by atoms with Crippen LogP contribution in [-0.2, 0) is 0 Å². The predicted molar refractivity (Wildman–Crippen MR) is 60.5 cm³/mol. The molecular formula is C11H19N3. The quantitative estimate of drug-likeness (QED) is 0.677. The van der Waals surface area contributed by atoms with Crippen LogP contribution in [-0.4, -0.2) is 24.1 Å². The van der Waals surface area contributed by atoms with Crippen molar-refractivity contribution in [3.8, 4) is 0 Å². The summed E-state index contributed by atoms with van der Waals surface area (Å²) in [5.74, 6) is 0. The van der Waals surface area contributed by atoms with Gasteiger partial charge in [-0.05, 0) is 25.1 Å². The molecule has 2 N–H and O–H groups in total. The smallest absolute Gasteiger partial charge is 0.0371 e. The second kappa shape index (κ2) is 6.38. The topological polar surface area (TPSA) is 37.0 Å². The molecule has 1 aromatic heterocycles. The lowest BCUT2D eigenvalue weighted by Gasteiger charge is -2.08. The van der Waals surface area contributed by atoms with Gasteiger partial charge in [-0.2, -0.15) is 0 Å². The van der Waals surface area contributed by atoms with Gasteiger partial charge in [-0.3, -0.25) is 4.98 Å². The van der Waals surface area contributed by atoms with Crippen molar-refractivity contribution in [2.45, 2.75) is 26.3 Å². The minimum absolute atomic E-state index is 0.580. The molecule has 0 spiro atoms. The first kappa shape index (κ1) is 11.0. The normalized spacial score (nSPS) is 10.5. The zero-order chi connectivity index (χ0) is 10.2. The van der Waals surface area contributed by atoms with Gasteiger partial charge in [0, 0.05) is 30.7 Å². The highest BCUT2D eigenvalue weighted by atomic mass is 14.9. The van der Waals surface area contributed by atoms with Crippen LogP contribution >= 0.6 is 0 Å². The van der Waals surface area contributed by atoms with E-state index in [1.54, 1.807) is 12.4 Å². The first-order valence-corrected chi connectivity index (χ1v) is 5.16. The zero-order valence-electron chi connectivity index (χ0n) is 8.96. The van der Waals surface area contributed by atoms with Crippen LogP contribution in [0, 0.1) is 0 Å². The van der Waals surface area contributed by atoms with Crippen molar-refractivity contribution in [2.24, 2.45) is 0 Å². The van der Waals surface area contributed by atoms with Crippen LogP contribution in [0.2, 0.25) is 0 Å². The summed E-state index contributed by atoms with van der Waals surface area (Å²) in [6, 6.07) is 4.54. The molecule has 0 aliphatic carbocycles. The molecule has 0 radical (unpaired) electrons. The van der Waals surface area contributed by atoms with E-state index in [-0.39, 0.29) is 0 Å². The molecule has 0 aromatic carbocycles. The molecule has 0 saturated heterocycles. The summed E-state index contributed by atoms with van der Waals surface area (Å²) in [7, 11) is 0. The van der Waals surface area contributed by atoms with Crippen LogP contribution in [0.1, 0.15) is 20.3 Å². The average molecular weight is 193 g/mol. The van der Waals surface area contributed by atoms with Crippen molar-refractivity contribution < 1.29 is 0 Å². The Bertz CT molecular complexity index is 234. The molecular weight excluding hydrogens is 174 g/mol. The van der Waals surface area contributed by atoms with Crippen LogP contribution < -0.4 is 10.6 Å². The van der Waals surface area contributed by atoms with E-state index in [4.69, 9.17) is 0 Å². The molecule has 0 unspecified atom stereocenters. The van der Waals surface area contributed by atoms with Gasteiger partial charge in [0.2, 0.25) is 0 Å². The third-order valence-electron chi connectivity index (χ3n) is 1.92. The van der Waals surface area contributed by atoms with Gasteiger partial charge in [-0.1, -0.05) is 13.8 Å². The van der Waals surface area contributed by atoms with Crippen molar-refractivity contribution in [1.82, 2.24) is 10.3 Å². The number of hydrogen-bond acceptors (Lipinski definition) is 3. The fraction of sp³-hybridized carbons (Fsp3) is 0.545. The highest BCUT2D eigenvalue weighted by Gasteiger charge is 1.92. The molecule has 1 aromatic rings. The van der Waals surface area contributed by atoms with Gasteiger partial charge in [0.15, 0.2) is 0 Å². The van der Waals surface area contributed by atoms with Gasteiger partial charge >= 0.3 is 0 Å². The summed E-state index contributed by atoms with van der Waals surface area (Å²) >= 11 is 0. The number of hydrogen-bond donors (Lipinski definition) is 2. The highest BCUT2D eigenvalue weighted by Crippen LogP contribution is 2.02. The van der Waals surface area contributed by atoms with E-state index >= 15 is 0 Å². The van der Waals surface area contributed by atoms with E-state index in [0.29, 0.717) is 6.04 Å². The summed E-state index contributed by atoms with van der Waals surface area (Å²) < 4.78 is 0. The van der Waals surface area contributed by atoms with Gasteiger partial charge in [0.25, 0.3) is 0 Å². The summed E-state index contributed by atoms with van der Waals surface area (Å²) in [6.45, 7) is 6.39. The lowest BCUT2D eigenvalue weighted by molar-refractivity contribution is 0.578. The van der Waals surface area contributed by atoms with Gasteiger partial charge in [-0.15, -0.1) is 0 Å². The Hall–Kier alpha value is -1.09. The van der Waals surface area contributed by atoms with Crippen LogP contribution in [0.3, 0.4) is 0 Å². The van der Waals surface area contributed by atoms with Crippen LogP contribution in [0.15, 0.2) is 24.5 Å². The largest absolute Gasteiger partial charge is 0.385 e. The number of rotatable bonds is 6. The minimum atomic E-state index is 0.580. The van der Waals surface area contributed by atoms with Crippen LogP contribution in [0.5, 0.6) is 0 Å². The summed E-state index contributed by atoms with van der Waals surface area (Å²) in [5.41, 5.74) is 1.14. The molecule has 3 nitrogen and oxygen atoms in total. The Balaban J connectivity index is 2.05. The second-order valence-electron chi connectivity index (χ2n) is 3.63. The third-order valence-corrected chi connectivity index (χ3v) is 1.92. The summed E-state index contributed by atoms with van der Waals surface area (Å²) in [5, 5.41) is 6.72. The van der Waals surface area contributed by atoms with Crippen molar-refractivity contribution in [1.29, 1.82) is 0 Å². The molecule has 0 aliphatic heterocycles. The highest BCUT2D eigenvalue weighted by molar-refractivity contribution is 5.40. The predicted octanol–water partition coefficient (Wildman–Crippen LogP) is 1.88. The van der Waals surface area contributed by atoms with Crippen molar-refractivity contribution >= 4 is 5.69 Å². The summed E-state index contributed by atoms with van der Waals surface area (Å²) in [4.78, 5) is 3.96. The van der Waals surface area contributed by atoms with Crippen LogP contribution in [0.25, 0.3) is 0 Å². The van der Waals surface area contributed by atoms with Crippen molar-refractivity contribution in [3.63, 3.8) is 0 Å². The maximum Gasteiger partial charge on any atom is 0.0371 e. The number of nitrogens with one attached hydrogen (secondary N) is 2. The summed E-state index contributed by atoms with van der Waals surface area (Å²) in [6.07, 6.45) is 4.74. The van der Waals surface area contributed by atoms with Crippen molar-refractivity contribution in [3.05, 3.63) is 24.5 Å². The SMILES string of the molecule is CC(C)NCCCNc1ccncc1. The van der Waals surface area contributed by atoms with E-state index < -0.39 is 0 Å². The zero-order valence-corrected chi connectivity index (χ0v) is 8.96. The molecule has 3 heteroatoms. The molecule has 0 aliphatic rings. The number of anilines is 1.